The van der Waals surface area contributed by atoms with E-state index in [0.717, 1.165) is 17.0 Å². The molecule has 1 aromatic rings. The van der Waals surface area contributed by atoms with Gasteiger partial charge in [0.25, 0.3) is 0 Å². The summed E-state index contributed by atoms with van der Waals surface area (Å²) in [5.74, 6) is 3.32. The highest BCUT2D eigenvalue weighted by molar-refractivity contribution is 5.53. The molecule has 0 bridgehead atoms. The third-order valence-electron chi connectivity index (χ3n) is 3.54. The number of hydrogen-bond donors (Lipinski definition) is 1. The van der Waals surface area contributed by atoms with Crippen molar-refractivity contribution in [2.24, 2.45) is 0 Å². The lowest BCUT2D eigenvalue weighted by molar-refractivity contribution is -0.147. The van der Waals surface area contributed by atoms with Gasteiger partial charge >= 0.3 is 0 Å². The molecule has 1 aromatic carbocycles. The molecule has 0 fully saturated rings. The van der Waals surface area contributed by atoms with Crippen LogP contribution in [0.3, 0.4) is 0 Å². The normalized spacial score (nSPS) is 23.4. The lowest BCUT2D eigenvalue weighted by atomic mass is 9.88. The fourth-order valence-electron chi connectivity index (χ4n) is 2.56. The Morgan fingerprint density at radius 1 is 1.45 bits per heavy atom. The minimum atomic E-state index is -0.508. The van der Waals surface area contributed by atoms with Gasteiger partial charge in [0.1, 0.15) is 30.2 Å². The Bertz CT molecular complexity index is 519. The van der Waals surface area contributed by atoms with E-state index < -0.39 is 5.60 Å². The average molecular weight is 275 g/mol. The highest BCUT2D eigenvalue weighted by Gasteiger charge is 2.45. The zero-order valence-electron chi connectivity index (χ0n) is 12.4. The molecule has 20 heavy (non-hydrogen) atoms. The first-order chi connectivity index (χ1) is 9.53. The van der Waals surface area contributed by atoms with E-state index in [0.29, 0.717) is 0 Å². The second kappa shape index (κ2) is 5.74. The summed E-state index contributed by atoms with van der Waals surface area (Å²) in [5, 5.41) is 3.12. The summed E-state index contributed by atoms with van der Waals surface area (Å²) in [7, 11) is 3.55. The van der Waals surface area contributed by atoms with Gasteiger partial charge in [0.15, 0.2) is 0 Å². The van der Waals surface area contributed by atoms with Crippen LogP contribution in [0.1, 0.15) is 25.5 Å². The third kappa shape index (κ3) is 2.60. The zero-order chi connectivity index (χ0) is 14.8. The van der Waals surface area contributed by atoms with E-state index in [1.165, 1.54) is 0 Å². The van der Waals surface area contributed by atoms with Gasteiger partial charge in [-0.3, -0.25) is 0 Å². The Labute approximate surface area is 120 Å². The fraction of sp³-hybridized carbons (Fsp3) is 0.500. The molecule has 0 radical (unpaired) electrons. The highest BCUT2D eigenvalue weighted by Crippen LogP contribution is 2.43. The van der Waals surface area contributed by atoms with Crippen LogP contribution >= 0.6 is 0 Å². The minimum absolute atomic E-state index is 0.213. The molecule has 2 rings (SSSR count). The molecular formula is C16H21NO3. The fourth-order valence-corrected chi connectivity index (χ4v) is 2.56. The second-order valence-corrected chi connectivity index (χ2v) is 5.30. The topological polar surface area (TPSA) is 39.7 Å². The van der Waals surface area contributed by atoms with E-state index in [9.17, 15) is 0 Å². The number of fused-ring (bicyclic) bond motifs is 1. The molecule has 0 aromatic heterocycles. The van der Waals surface area contributed by atoms with Crippen molar-refractivity contribution in [1.29, 1.82) is 0 Å². The van der Waals surface area contributed by atoms with E-state index in [4.69, 9.17) is 20.6 Å². The molecule has 2 atom stereocenters. The molecule has 1 N–H and O–H groups in total. The maximum Gasteiger partial charge on any atom is 0.132 e. The maximum atomic E-state index is 6.06. The largest absolute Gasteiger partial charge is 0.485 e. The zero-order valence-corrected chi connectivity index (χ0v) is 12.4. The van der Waals surface area contributed by atoms with E-state index in [-0.39, 0.29) is 18.8 Å². The number of nitrogens with one attached hydrogen (secondary N) is 1. The van der Waals surface area contributed by atoms with Crippen LogP contribution in [-0.4, -0.2) is 32.5 Å². The van der Waals surface area contributed by atoms with Crippen LogP contribution in [0.4, 0.5) is 5.69 Å². The predicted molar refractivity (Wildman–Crippen MR) is 79.0 cm³/mol. The third-order valence-corrected chi connectivity index (χ3v) is 3.54. The van der Waals surface area contributed by atoms with Gasteiger partial charge in [-0.1, -0.05) is 5.92 Å². The van der Waals surface area contributed by atoms with Crippen molar-refractivity contribution in [1.82, 2.24) is 0 Å². The second-order valence-electron chi connectivity index (χ2n) is 5.30. The van der Waals surface area contributed by atoms with Crippen LogP contribution in [0.25, 0.3) is 0 Å². The summed E-state index contributed by atoms with van der Waals surface area (Å²) < 4.78 is 17.5. The molecule has 0 aliphatic carbocycles. The number of ether oxygens (including phenoxy) is 3. The van der Waals surface area contributed by atoms with Gasteiger partial charge in [0.05, 0.1) is 0 Å². The van der Waals surface area contributed by atoms with Crippen molar-refractivity contribution >= 4 is 5.69 Å². The summed E-state index contributed by atoms with van der Waals surface area (Å²) in [5.41, 5.74) is 1.47. The lowest BCUT2D eigenvalue weighted by Crippen LogP contribution is -2.50. The highest BCUT2D eigenvalue weighted by atomic mass is 16.6. The van der Waals surface area contributed by atoms with Crippen molar-refractivity contribution in [3.8, 4) is 18.1 Å². The van der Waals surface area contributed by atoms with Crippen molar-refractivity contribution in [2.45, 2.75) is 31.7 Å². The van der Waals surface area contributed by atoms with Crippen molar-refractivity contribution < 1.29 is 14.2 Å². The number of methoxy groups -OCH3 is 1. The van der Waals surface area contributed by atoms with Gasteiger partial charge in [0, 0.05) is 25.4 Å². The molecule has 1 aliphatic rings. The van der Waals surface area contributed by atoms with Crippen LogP contribution < -0.4 is 10.1 Å². The van der Waals surface area contributed by atoms with E-state index in [2.05, 4.69) is 11.2 Å². The maximum absolute atomic E-state index is 6.06. The molecule has 0 spiro atoms. The van der Waals surface area contributed by atoms with Gasteiger partial charge < -0.3 is 19.5 Å². The number of terminal acetylenes is 1. The summed E-state index contributed by atoms with van der Waals surface area (Å²) >= 11 is 0. The number of hydrogen-bond acceptors (Lipinski definition) is 4. The predicted octanol–water partition coefficient (Wildman–Crippen LogP) is 2.61. The van der Waals surface area contributed by atoms with Gasteiger partial charge in [-0.05, 0) is 32.0 Å². The molecule has 1 heterocycles. The first-order valence-corrected chi connectivity index (χ1v) is 6.62. The number of benzene rings is 1. The van der Waals surface area contributed by atoms with Crippen molar-refractivity contribution in [3.63, 3.8) is 0 Å². The quantitative estimate of drug-likeness (QED) is 0.857. The first kappa shape index (κ1) is 14.7. The molecule has 1 aliphatic heterocycles. The standard InChI is InChI=1S/C16H21NO3/c1-6-9-19-15-14(18-5)12-10-11(17-4)7-8-13(12)20-16(15,2)3/h1,7-8,10,14-15,17H,9H2,2-5H3. The molecule has 4 heteroatoms. The Balaban J connectivity index is 2.43. The van der Waals surface area contributed by atoms with Crippen LogP contribution in [0.5, 0.6) is 5.75 Å². The van der Waals surface area contributed by atoms with E-state index in [1.807, 2.05) is 39.1 Å². The first-order valence-electron chi connectivity index (χ1n) is 6.62. The smallest absolute Gasteiger partial charge is 0.132 e. The Hall–Kier alpha value is -1.70. The number of anilines is 1. The van der Waals surface area contributed by atoms with Gasteiger partial charge in [0.2, 0.25) is 0 Å². The van der Waals surface area contributed by atoms with Crippen molar-refractivity contribution in [3.05, 3.63) is 23.8 Å². The molecule has 0 amide bonds. The molecule has 108 valence electrons. The minimum Gasteiger partial charge on any atom is -0.485 e. The Kier molecular flexibility index (Phi) is 4.22. The van der Waals surface area contributed by atoms with Gasteiger partial charge in [-0.15, -0.1) is 6.42 Å². The summed E-state index contributed by atoms with van der Waals surface area (Å²) in [6, 6.07) is 5.95. The van der Waals surface area contributed by atoms with Crippen LogP contribution in [0.2, 0.25) is 0 Å². The average Bonchev–Trinajstić information content (AvgIpc) is 2.43. The van der Waals surface area contributed by atoms with Crippen LogP contribution in [0.15, 0.2) is 18.2 Å². The molecule has 0 saturated heterocycles. The van der Waals surface area contributed by atoms with Gasteiger partial charge in [-0.2, -0.15) is 0 Å². The summed E-state index contributed by atoms with van der Waals surface area (Å²) in [4.78, 5) is 0. The molecular weight excluding hydrogens is 254 g/mol. The molecule has 2 unspecified atom stereocenters. The van der Waals surface area contributed by atoms with Crippen molar-refractivity contribution in [2.75, 3.05) is 26.1 Å². The van der Waals surface area contributed by atoms with E-state index in [1.54, 1.807) is 7.11 Å². The Morgan fingerprint density at radius 3 is 2.80 bits per heavy atom. The Morgan fingerprint density at radius 2 is 2.20 bits per heavy atom. The molecule has 4 nitrogen and oxygen atoms in total. The SMILES string of the molecule is C#CCOC1C(OC)c2cc(NC)ccc2OC1(C)C. The number of rotatable bonds is 4. The molecule has 0 saturated carbocycles. The summed E-state index contributed by atoms with van der Waals surface area (Å²) in [6.07, 6.45) is 4.82. The summed E-state index contributed by atoms with van der Waals surface area (Å²) in [6.45, 7) is 4.20. The van der Waals surface area contributed by atoms with E-state index >= 15 is 0 Å². The van der Waals surface area contributed by atoms with Crippen LogP contribution in [-0.2, 0) is 9.47 Å². The monoisotopic (exact) mass is 275 g/mol. The van der Waals surface area contributed by atoms with Crippen LogP contribution in [0, 0.1) is 12.3 Å². The van der Waals surface area contributed by atoms with Gasteiger partial charge in [-0.25, -0.2) is 0 Å². The lowest BCUT2D eigenvalue weighted by Gasteiger charge is -2.43.